The maximum atomic E-state index is 13.8. The van der Waals surface area contributed by atoms with Crippen LogP contribution in [0.25, 0.3) is 0 Å². The fraction of sp³-hybridized carbons (Fsp3) is 0.312. The van der Waals surface area contributed by atoms with Crippen molar-refractivity contribution in [2.24, 2.45) is 11.8 Å². The zero-order valence-electron chi connectivity index (χ0n) is 22.2. The lowest BCUT2D eigenvalue weighted by atomic mass is 9.54. The zero-order valence-corrected chi connectivity index (χ0v) is 25.3. The van der Waals surface area contributed by atoms with Gasteiger partial charge in [0.25, 0.3) is 0 Å². The predicted octanol–water partition coefficient (Wildman–Crippen LogP) is 6.87. The summed E-state index contributed by atoms with van der Waals surface area (Å²) in [4.78, 5) is 51.1. The molecule has 0 spiro atoms. The van der Waals surface area contributed by atoms with Gasteiger partial charge in [0.2, 0.25) is 17.6 Å². The van der Waals surface area contributed by atoms with Crippen LogP contribution in [0.3, 0.4) is 0 Å². The maximum Gasteiger partial charge on any atom is 0.306 e. The molecular formula is C32H25Cl4NO5. The lowest BCUT2D eigenvalue weighted by Crippen LogP contribution is -2.57. The van der Waals surface area contributed by atoms with Gasteiger partial charge in [0.05, 0.1) is 16.9 Å². The molecule has 3 aromatic rings. The summed E-state index contributed by atoms with van der Waals surface area (Å²) in [5.74, 6) is -3.25. The lowest BCUT2D eigenvalue weighted by Gasteiger charge is -2.54. The number of imide groups is 1. The van der Waals surface area contributed by atoms with Crippen molar-refractivity contribution in [3.63, 3.8) is 0 Å². The monoisotopic (exact) mass is 643 g/mol. The normalized spacial score (nSPS) is 25.2. The van der Waals surface area contributed by atoms with Gasteiger partial charge in [0.15, 0.2) is 6.61 Å². The van der Waals surface area contributed by atoms with E-state index in [0.717, 1.165) is 22.3 Å². The number of carbonyl (C=O) groups excluding carboxylic acids is 4. The Kier molecular flexibility index (Phi) is 7.63. The second kappa shape index (κ2) is 11.0. The highest BCUT2D eigenvalue weighted by Crippen LogP contribution is 2.69. The van der Waals surface area contributed by atoms with Crippen LogP contribution >= 0.6 is 46.4 Å². The number of unbranched alkanes of at least 4 members (excludes halogenated alkanes) is 2. The fourth-order valence-electron chi connectivity index (χ4n) is 6.67. The van der Waals surface area contributed by atoms with Gasteiger partial charge in [0.1, 0.15) is 9.75 Å². The van der Waals surface area contributed by atoms with Crippen molar-refractivity contribution >= 4 is 70.0 Å². The smallest absolute Gasteiger partial charge is 0.306 e. The second-order valence-electron chi connectivity index (χ2n) is 10.8. The molecule has 0 N–H and O–H groups in total. The van der Waals surface area contributed by atoms with Gasteiger partial charge < -0.3 is 4.74 Å². The summed E-state index contributed by atoms with van der Waals surface area (Å²) in [6.45, 7) is -0.231. The molecule has 1 saturated heterocycles. The van der Waals surface area contributed by atoms with E-state index < -0.39 is 39.9 Å². The number of alkyl halides is 2. The second-order valence-corrected chi connectivity index (χ2v) is 12.9. The van der Waals surface area contributed by atoms with Crippen molar-refractivity contribution in [3.05, 3.63) is 105 Å². The highest BCUT2D eigenvalue weighted by atomic mass is 35.5. The Bertz CT molecular complexity index is 1520. The summed E-state index contributed by atoms with van der Waals surface area (Å²) < 4.78 is 5.11. The molecule has 1 fully saturated rings. The molecular weight excluding hydrogens is 620 g/mol. The van der Waals surface area contributed by atoms with Crippen molar-refractivity contribution in [2.75, 3.05) is 13.2 Å². The average Bonchev–Trinajstić information content (AvgIpc) is 3.24. The third kappa shape index (κ3) is 4.38. The number of rotatable bonds is 9. The minimum Gasteiger partial charge on any atom is -0.457 e. The van der Waals surface area contributed by atoms with Gasteiger partial charge in [0, 0.05) is 23.6 Å². The number of amides is 2. The van der Waals surface area contributed by atoms with Gasteiger partial charge in [-0.05, 0) is 53.3 Å². The Morgan fingerprint density at radius 3 is 1.79 bits per heavy atom. The number of ether oxygens (including phenoxy) is 1. The highest BCUT2D eigenvalue weighted by molar-refractivity contribution is 6.37. The number of hydrogen-bond acceptors (Lipinski definition) is 5. The van der Waals surface area contributed by atoms with Crippen LogP contribution in [0.15, 0.2) is 66.7 Å². The van der Waals surface area contributed by atoms with Gasteiger partial charge in [-0.15, -0.1) is 23.2 Å². The molecule has 0 aromatic heterocycles. The highest BCUT2D eigenvalue weighted by Gasteiger charge is 2.72. The van der Waals surface area contributed by atoms with Crippen molar-refractivity contribution in [2.45, 2.75) is 35.4 Å². The van der Waals surface area contributed by atoms with Crippen molar-refractivity contribution < 1.29 is 23.9 Å². The molecule has 2 atom stereocenters. The Labute approximate surface area is 262 Å². The largest absolute Gasteiger partial charge is 0.457 e. The van der Waals surface area contributed by atoms with Crippen LogP contribution in [0.1, 0.15) is 58.3 Å². The molecule has 216 valence electrons. The first kappa shape index (κ1) is 29.2. The summed E-state index contributed by atoms with van der Waals surface area (Å²) in [6, 6.07) is 19.5. The van der Waals surface area contributed by atoms with Crippen LogP contribution < -0.4 is 0 Å². The molecule has 7 rings (SSSR count). The Balaban J connectivity index is 1.08. The third-order valence-corrected chi connectivity index (χ3v) is 10.4. The summed E-state index contributed by atoms with van der Waals surface area (Å²) in [7, 11) is 0. The van der Waals surface area contributed by atoms with Crippen LogP contribution in [0.4, 0.5) is 0 Å². The van der Waals surface area contributed by atoms with Gasteiger partial charge in [-0.1, -0.05) is 78.2 Å². The van der Waals surface area contributed by atoms with E-state index in [-0.39, 0.29) is 35.4 Å². The minimum absolute atomic E-state index is 0.0922. The Morgan fingerprint density at radius 2 is 1.29 bits per heavy atom. The molecule has 1 heterocycles. The summed E-state index contributed by atoms with van der Waals surface area (Å²) in [6.07, 6.45) is 1.62. The molecule has 10 heteroatoms. The first-order valence-corrected chi connectivity index (χ1v) is 15.2. The maximum absolute atomic E-state index is 13.8. The number of ketones is 1. The molecule has 42 heavy (non-hydrogen) atoms. The van der Waals surface area contributed by atoms with Crippen molar-refractivity contribution in [1.29, 1.82) is 0 Å². The van der Waals surface area contributed by atoms with Crippen LogP contribution in [-0.2, 0) is 28.9 Å². The zero-order chi connectivity index (χ0) is 29.8. The summed E-state index contributed by atoms with van der Waals surface area (Å²) >= 11 is 26.7. The SMILES string of the molecule is O=C(CCCCCN1C(=O)[C@H]2[C@H](C1=O)C1(Cl)c3ccccc3C2(Cl)c2ccccc21)OCC(=O)c1ccc(Cl)cc1Cl. The molecule has 2 amide bonds. The number of carbonyl (C=O) groups is 4. The van der Waals surface area contributed by atoms with E-state index in [1.807, 2.05) is 48.5 Å². The third-order valence-electron chi connectivity index (χ3n) is 8.54. The van der Waals surface area contributed by atoms with E-state index in [9.17, 15) is 19.2 Å². The standard InChI is InChI=1S/C32H25Cl4NO5/c33-18-13-14-19(24(34)16-18)25(38)17-42-26(39)12-2-1-7-15-37-29(40)27-28(30(37)41)32(36)21-9-4-3-8-20(21)31(27,35)22-10-5-6-11-23(22)32/h3-6,8-11,13-14,16,27-28H,1-2,7,12,15,17H2/t27-,28-,31?,32?/m1/s1. The van der Waals surface area contributed by atoms with Gasteiger partial charge in [-0.3, -0.25) is 24.1 Å². The minimum atomic E-state index is -1.20. The molecule has 3 aliphatic carbocycles. The van der Waals surface area contributed by atoms with E-state index in [0.29, 0.717) is 24.3 Å². The molecule has 6 nitrogen and oxygen atoms in total. The van der Waals surface area contributed by atoms with E-state index in [2.05, 4.69) is 0 Å². The number of esters is 1. The van der Waals surface area contributed by atoms with Crippen LogP contribution in [0.5, 0.6) is 0 Å². The topological polar surface area (TPSA) is 80.8 Å². The van der Waals surface area contributed by atoms with Crippen LogP contribution in [0.2, 0.25) is 10.0 Å². The fourth-order valence-corrected chi connectivity index (χ4v) is 8.28. The Morgan fingerprint density at radius 1 is 0.762 bits per heavy atom. The van der Waals surface area contributed by atoms with E-state index in [1.165, 1.54) is 23.1 Å². The lowest BCUT2D eigenvalue weighted by molar-refractivity contribution is -0.143. The molecule has 0 unspecified atom stereocenters. The van der Waals surface area contributed by atoms with Crippen LogP contribution in [0, 0.1) is 11.8 Å². The van der Waals surface area contributed by atoms with Crippen molar-refractivity contribution in [1.82, 2.24) is 4.90 Å². The first-order valence-electron chi connectivity index (χ1n) is 13.7. The predicted molar refractivity (Wildman–Crippen MR) is 160 cm³/mol. The summed E-state index contributed by atoms with van der Waals surface area (Å²) in [5, 5.41) is 0.590. The summed E-state index contributed by atoms with van der Waals surface area (Å²) in [5.41, 5.74) is 3.28. The number of halogens is 4. The Hall–Kier alpha value is -2.90. The van der Waals surface area contributed by atoms with E-state index >= 15 is 0 Å². The molecule has 3 aromatic carbocycles. The number of nitrogens with zero attached hydrogens (tertiary/aromatic N) is 1. The molecule has 2 bridgehead atoms. The molecule has 4 aliphatic rings. The van der Waals surface area contributed by atoms with Gasteiger partial charge >= 0.3 is 5.97 Å². The number of likely N-dealkylation sites (tertiary alicyclic amines) is 1. The van der Waals surface area contributed by atoms with E-state index in [4.69, 9.17) is 51.1 Å². The van der Waals surface area contributed by atoms with Crippen LogP contribution in [-0.4, -0.2) is 41.6 Å². The first-order chi connectivity index (χ1) is 20.1. The van der Waals surface area contributed by atoms with Gasteiger partial charge in [-0.25, -0.2) is 0 Å². The average molecular weight is 645 g/mol. The quantitative estimate of drug-likeness (QED) is 0.0835. The van der Waals surface area contributed by atoms with Gasteiger partial charge in [-0.2, -0.15) is 0 Å². The molecule has 1 aliphatic heterocycles. The number of hydrogen-bond donors (Lipinski definition) is 0. The molecule has 0 saturated carbocycles. The van der Waals surface area contributed by atoms with Crippen molar-refractivity contribution in [3.8, 4) is 0 Å². The van der Waals surface area contributed by atoms with E-state index in [1.54, 1.807) is 0 Å². The molecule has 0 radical (unpaired) electrons. The number of benzene rings is 3. The number of Topliss-reactive ketones (excluding diaryl/α,β-unsaturated/α-hetero) is 1.